The van der Waals surface area contributed by atoms with Gasteiger partial charge in [-0.1, -0.05) is 54.6 Å². The van der Waals surface area contributed by atoms with E-state index in [1.54, 1.807) is 12.3 Å². The normalized spacial score (nSPS) is 16.1. The van der Waals surface area contributed by atoms with Gasteiger partial charge in [0.1, 0.15) is 5.82 Å². The molecule has 2 aliphatic rings. The van der Waals surface area contributed by atoms with E-state index >= 15 is 0 Å². The fraction of sp³-hybridized carbons (Fsp3) is 0.219. The molecule has 0 amide bonds. The first-order valence-electron chi connectivity index (χ1n) is 13.3. The summed E-state index contributed by atoms with van der Waals surface area (Å²) in [6, 6.07) is 26.1. The highest BCUT2D eigenvalue weighted by molar-refractivity contribution is 5.95. The Morgan fingerprint density at radius 3 is 2.50 bits per heavy atom. The van der Waals surface area contributed by atoms with Gasteiger partial charge in [-0.2, -0.15) is 5.10 Å². The standard InChI is InChI=1S/C32H28FN5/c33-27-10-11-29-26(18-27)19-30(35-29)24-13-16-37(17-14-24)20-22-6-8-25(9-7-22)32-28(23-4-2-1-3-5-23)21-38-31(36-32)12-15-34-38/h1-12,15,18,21,24H,13-14,16-17,19-20H2. The number of fused-ring (bicyclic) bond motifs is 2. The van der Waals surface area contributed by atoms with Crippen LogP contribution in [0.25, 0.3) is 28.0 Å². The summed E-state index contributed by atoms with van der Waals surface area (Å²) >= 11 is 0. The average Bonchev–Trinajstić information content (AvgIpc) is 3.60. The zero-order valence-electron chi connectivity index (χ0n) is 21.1. The summed E-state index contributed by atoms with van der Waals surface area (Å²) in [5, 5.41) is 4.39. The highest BCUT2D eigenvalue weighted by atomic mass is 19.1. The smallest absolute Gasteiger partial charge is 0.155 e. The molecule has 0 spiro atoms. The molecule has 0 unspecified atom stereocenters. The van der Waals surface area contributed by atoms with Crippen LogP contribution >= 0.6 is 0 Å². The molecule has 0 radical (unpaired) electrons. The molecular formula is C32H28FN5. The van der Waals surface area contributed by atoms with Crippen molar-refractivity contribution in [2.75, 3.05) is 13.1 Å². The van der Waals surface area contributed by atoms with Crippen molar-refractivity contribution in [3.63, 3.8) is 0 Å². The third-order valence-electron chi connectivity index (χ3n) is 7.84. The highest BCUT2D eigenvalue weighted by Crippen LogP contribution is 2.34. The van der Waals surface area contributed by atoms with Gasteiger partial charge in [0.2, 0.25) is 0 Å². The monoisotopic (exact) mass is 501 g/mol. The van der Waals surface area contributed by atoms with Crippen LogP contribution in [0.4, 0.5) is 10.1 Å². The predicted molar refractivity (Wildman–Crippen MR) is 149 cm³/mol. The van der Waals surface area contributed by atoms with Gasteiger partial charge < -0.3 is 0 Å². The molecule has 5 nitrogen and oxygen atoms in total. The van der Waals surface area contributed by atoms with Gasteiger partial charge in [0.15, 0.2) is 5.65 Å². The zero-order chi connectivity index (χ0) is 25.5. The Labute approximate surface area is 221 Å². The quantitative estimate of drug-likeness (QED) is 0.268. The van der Waals surface area contributed by atoms with E-state index in [2.05, 4.69) is 64.7 Å². The van der Waals surface area contributed by atoms with Crippen LogP contribution in [-0.4, -0.2) is 38.3 Å². The molecule has 0 N–H and O–H groups in total. The maximum Gasteiger partial charge on any atom is 0.155 e. The molecule has 4 heterocycles. The summed E-state index contributed by atoms with van der Waals surface area (Å²) in [4.78, 5) is 12.3. The molecule has 0 aliphatic carbocycles. The second-order valence-corrected chi connectivity index (χ2v) is 10.3. The number of hydrogen-bond acceptors (Lipinski definition) is 4. The van der Waals surface area contributed by atoms with Gasteiger partial charge in [0.25, 0.3) is 0 Å². The third-order valence-corrected chi connectivity index (χ3v) is 7.84. The van der Waals surface area contributed by atoms with Crippen molar-refractivity contribution >= 4 is 17.0 Å². The van der Waals surface area contributed by atoms with Crippen LogP contribution in [0.1, 0.15) is 24.0 Å². The van der Waals surface area contributed by atoms with E-state index in [0.29, 0.717) is 5.92 Å². The lowest BCUT2D eigenvalue weighted by molar-refractivity contribution is 0.201. The van der Waals surface area contributed by atoms with Crippen LogP contribution in [0.2, 0.25) is 0 Å². The summed E-state index contributed by atoms with van der Waals surface area (Å²) in [6.45, 7) is 3.03. The summed E-state index contributed by atoms with van der Waals surface area (Å²) in [5.74, 6) is 0.320. The topological polar surface area (TPSA) is 45.8 Å². The Morgan fingerprint density at radius 1 is 0.868 bits per heavy atom. The molecule has 0 atom stereocenters. The van der Waals surface area contributed by atoms with E-state index in [0.717, 1.165) is 78.2 Å². The molecule has 188 valence electrons. The van der Waals surface area contributed by atoms with Gasteiger partial charge in [-0.3, -0.25) is 9.89 Å². The lowest BCUT2D eigenvalue weighted by Crippen LogP contribution is -2.36. The fourth-order valence-electron chi connectivity index (χ4n) is 5.78. The van der Waals surface area contributed by atoms with Crippen molar-refractivity contribution in [3.05, 3.63) is 108 Å². The lowest BCUT2D eigenvalue weighted by Gasteiger charge is -2.32. The molecule has 2 aliphatic heterocycles. The Bertz CT molecular complexity index is 1630. The second-order valence-electron chi connectivity index (χ2n) is 10.3. The SMILES string of the molecule is Fc1ccc2c(c1)CC(C1CCN(Cc3ccc(-c4nc5ccnn5cc4-c4ccccc4)cc3)CC1)=N2. The zero-order valence-corrected chi connectivity index (χ0v) is 21.1. The number of aromatic nitrogens is 3. The summed E-state index contributed by atoms with van der Waals surface area (Å²) < 4.78 is 15.4. The maximum absolute atomic E-state index is 13.6. The Hall–Kier alpha value is -4.16. The first kappa shape index (κ1) is 23.0. The highest BCUT2D eigenvalue weighted by Gasteiger charge is 2.27. The molecule has 1 saturated heterocycles. The van der Waals surface area contributed by atoms with Crippen LogP contribution in [0.5, 0.6) is 0 Å². The van der Waals surface area contributed by atoms with E-state index in [4.69, 9.17) is 9.98 Å². The van der Waals surface area contributed by atoms with Crippen molar-refractivity contribution < 1.29 is 4.39 Å². The van der Waals surface area contributed by atoms with Crippen molar-refractivity contribution in [1.29, 1.82) is 0 Å². The van der Waals surface area contributed by atoms with Crippen molar-refractivity contribution in [1.82, 2.24) is 19.5 Å². The van der Waals surface area contributed by atoms with Gasteiger partial charge in [-0.15, -0.1) is 0 Å². The number of hydrogen-bond donors (Lipinski definition) is 0. The first-order valence-corrected chi connectivity index (χ1v) is 13.3. The van der Waals surface area contributed by atoms with Gasteiger partial charge in [-0.05, 0) is 60.8 Å². The minimum Gasteiger partial charge on any atom is -0.299 e. The molecule has 5 aromatic rings. The number of halogens is 1. The molecule has 2 aromatic heterocycles. The van der Waals surface area contributed by atoms with Gasteiger partial charge >= 0.3 is 0 Å². The van der Waals surface area contributed by atoms with E-state index in [1.165, 1.54) is 17.3 Å². The van der Waals surface area contributed by atoms with Crippen LogP contribution in [0.15, 0.2) is 96.2 Å². The minimum absolute atomic E-state index is 0.171. The van der Waals surface area contributed by atoms with Crippen LogP contribution in [-0.2, 0) is 13.0 Å². The number of likely N-dealkylation sites (tertiary alicyclic amines) is 1. The van der Waals surface area contributed by atoms with Crippen LogP contribution < -0.4 is 0 Å². The van der Waals surface area contributed by atoms with Crippen molar-refractivity contribution in [2.24, 2.45) is 10.9 Å². The summed E-state index contributed by atoms with van der Waals surface area (Å²) in [5.41, 5.74) is 9.61. The second kappa shape index (κ2) is 9.62. The molecule has 0 saturated carbocycles. The maximum atomic E-state index is 13.6. The lowest BCUT2D eigenvalue weighted by atomic mass is 9.89. The van der Waals surface area contributed by atoms with E-state index < -0.39 is 0 Å². The molecule has 0 bridgehead atoms. The molecule has 38 heavy (non-hydrogen) atoms. The number of aliphatic imine (C=N–C) groups is 1. The van der Waals surface area contributed by atoms with E-state index in [-0.39, 0.29) is 5.82 Å². The predicted octanol–water partition coefficient (Wildman–Crippen LogP) is 6.74. The van der Waals surface area contributed by atoms with Crippen molar-refractivity contribution in [2.45, 2.75) is 25.8 Å². The van der Waals surface area contributed by atoms with Gasteiger partial charge in [0, 0.05) is 48.0 Å². The molecule has 7 rings (SSSR count). The summed E-state index contributed by atoms with van der Waals surface area (Å²) in [6.07, 6.45) is 6.84. The van der Waals surface area contributed by atoms with Gasteiger partial charge in [0.05, 0.1) is 17.6 Å². The summed E-state index contributed by atoms with van der Waals surface area (Å²) in [7, 11) is 0. The van der Waals surface area contributed by atoms with Crippen LogP contribution in [0.3, 0.4) is 0 Å². The number of nitrogens with zero attached hydrogens (tertiary/aromatic N) is 5. The number of benzene rings is 3. The minimum atomic E-state index is -0.171. The molecular weight excluding hydrogens is 473 g/mol. The number of piperidine rings is 1. The third kappa shape index (κ3) is 4.41. The van der Waals surface area contributed by atoms with Crippen LogP contribution in [0, 0.1) is 11.7 Å². The van der Waals surface area contributed by atoms with E-state index in [9.17, 15) is 4.39 Å². The largest absolute Gasteiger partial charge is 0.299 e. The van der Waals surface area contributed by atoms with Crippen molar-refractivity contribution in [3.8, 4) is 22.4 Å². The first-order chi connectivity index (χ1) is 18.7. The number of rotatable bonds is 5. The Morgan fingerprint density at radius 2 is 1.68 bits per heavy atom. The van der Waals surface area contributed by atoms with Gasteiger partial charge in [-0.25, -0.2) is 13.9 Å². The fourth-order valence-corrected chi connectivity index (χ4v) is 5.78. The molecule has 1 fully saturated rings. The Balaban J connectivity index is 1.04. The molecule has 3 aromatic carbocycles. The molecule has 6 heteroatoms. The van der Waals surface area contributed by atoms with E-state index in [1.807, 2.05) is 22.7 Å². The Kier molecular flexibility index (Phi) is 5.82. The average molecular weight is 502 g/mol.